The van der Waals surface area contributed by atoms with Gasteiger partial charge in [-0.2, -0.15) is 0 Å². The smallest absolute Gasteiger partial charge is 0.176 e. The first-order valence-electron chi connectivity index (χ1n) is 8.10. The van der Waals surface area contributed by atoms with Crippen LogP contribution in [0.15, 0.2) is 60.7 Å². The van der Waals surface area contributed by atoms with Gasteiger partial charge in [-0.15, -0.1) is 11.6 Å². The van der Waals surface area contributed by atoms with Gasteiger partial charge in [0.15, 0.2) is 9.76 Å². The number of aryl methyl sites for hydroxylation is 2. The Morgan fingerprint density at radius 3 is 1.77 bits per heavy atom. The van der Waals surface area contributed by atoms with E-state index in [0.717, 1.165) is 19.4 Å². The average Bonchev–Trinajstić information content (AvgIpc) is 2.59. The van der Waals surface area contributed by atoms with E-state index in [4.69, 9.17) is 16.0 Å². The molecule has 3 heteroatoms. The van der Waals surface area contributed by atoms with Crippen LogP contribution >= 0.6 is 11.6 Å². The minimum absolute atomic E-state index is 0.515. The molecule has 0 aliphatic heterocycles. The van der Waals surface area contributed by atoms with E-state index in [0.29, 0.717) is 11.4 Å². The van der Waals surface area contributed by atoms with Gasteiger partial charge in [-0.25, -0.2) is 0 Å². The van der Waals surface area contributed by atoms with Gasteiger partial charge in [0.1, 0.15) is 0 Å². The highest BCUT2D eigenvalue weighted by Crippen LogP contribution is 2.17. The molecule has 0 spiro atoms. The van der Waals surface area contributed by atoms with Gasteiger partial charge < -0.3 is 4.43 Å². The van der Waals surface area contributed by atoms with Crippen molar-refractivity contribution in [2.24, 2.45) is 5.92 Å². The Balaban J connectivity index is 1.82. The summed E-state index contributed by atoms with van der Waals surface area (Å²) in [6.45, 7) is 0.874. The fourth-order valence-corrected chi connectivity index (χ4v) is 3.58. The average molecular weight is 333 g/mol. The Kier molecular flexibility index (Phi) is 8.32. The maximum absolute atomic E-state index is 5.83. The lowest BCUT2D eigenvalue weighted by molar-refractivity contribution is 0.243. The molecule has 118 valence electrons. The lowest BCUT2D eigenvalue weighted by Gasteiger charge is -2.17. The van der Waals surface area contributed by atoms with Gasteiger partial charge in [0.05, 0.1) is 0 Å². The zero-order chi connectivity index (χ0) is 15.5. The summed E-state index contributed by atoms with van der Waals surface area (Å²) >= 11 is 5.77. The second-order valence-electron chi connectivity index (χ2n) is 5.68. The predicted molar refractivity (Wildman–Crippen MR) is 98.2 cm³/mol. The van der Waals surface area contributed by atoms with Crippen LogP contribution in [-0.4, -0.2) is 21.9 Å². The van der Waals surface area contributed by atoms with E-state index < -0.39 is 9.76 Å². The molecule has 0 heterocycles. The molecule has 0 unspecified atom stereocenters. The molecule has 0 aromatic heterocycles. The summed E-state index contributed by atoms with van der Waals surface area (Å²) in [6.07, 6.45) is 4.64. The van der Waals surface area contributed by atoms with Crippen molar-refractivity contribution >= 4 is 21.4 Å². The SMILES string of the molecule is ClC[SiH2]OCC(CCc1ccccc1)CCc1ccccc1. The molecule has 0 amide bonds. The van der Waals surface area contributed by atoms with Gasteiger partial charge in [0.2, 0.25) is 0 Å². The van der Waals surface area contributed by atoms with Crippen LogP contribution in [-0.2, 0) is 17.3 Å². The molecular formula is C19H25ClOSi. The highest BCUT2D eigenvalue weighted by molar-refractivity contribution is 6.45. The molecule has 0 radical (unpaired) electrons. The van der Waals surface area contributed by atoms with Crippen molar-refractivity contribution in [1.82, 2.24) is 0 Å². The number of benzene rings is 2. The standard InChI is InChI=1S/C19H25ClOSi/c20-16-22-21-15-19(13-11-17-7-3-1-4-8-17)14-12-18-9-5-2-6-10-18/h1-10,19H,11-16,22H2. The van der Waals surface area contributed by atoms with Crippen LogP contribution in [0.4, 0.5) is 0 Å². The van der Waals surface area contributed by atoms with Crippen molar-refractivity contribution in [1.29, 1.82) is 0 Å². The Hall–Kier alpha value is -1.09. The van der Waals surface area contributed by atoms with Crippen molar-refractivity contribution in [3.8, 4) is 0 Å². The molecule has 0 saturated heterocycles. The second kappa shape index (κ2) is 10.6. The monoisotopic (exact) mass is 332 g/mol. The first kappa shape index (κ1) is 17.3. The van der Waals surface area contributed by atoms with Crippen LogP contribution < -0.4 is 0 Å². The highest BCUT2D eigenvalue weighted by atomic mass is 35.5. The van der Waals surface area contributed by atoms with E-state index in [9.17, 15) is 0 Å². The summed E-state index contributed by atoms with van der Waals surface area (Å²) in [4.78, 5) is 0. The maximum atomic E-state index is 5.83. The van der Waals surface area contributed by atoms with E-state index in [2.05, 4.69) is 60.7 Å². The topological polar surface area (TPSA) is 9.23 Å². The van der Waals surface area contributed by atoms with Crippen LogP contribution in [0.5, 0.6) is 0 Å². The normalized spacial score (nSPS) is 11.5. The molecule has 0 saturated carbocycles. The molecule has 0 bridgehead atoms. The number of hydrogen-bond donors (Lipinski definition) is 0. The largest absolute Gasteiger partial charge is 0.423 e. The van der Waals surface area contributed by atoms with Gasteiger partial charge in [-0.05, 0) is 42.7 Å². The lowest BCUT2D eigenvalue weighted by Crippen LogP contribution is -2.15. The van der Waals surface area contributed by atoms with Gasteiger partial charge >= 0.3 is 0 Å². The van der Waals surface area contributed by atoms with Crippen LogP contribution in [0.2, 0.25) is 0 Å². The van der Waals surface area contributed by atoms with Crippen molar-refractivity contribution < 1.29 is 4.43 Å². The molecule has 0 fully saturated rings. The third kappa shape index (κ3) is 6.78. The van der Waals surface area contributed by atoms with Crippen molar-refractivity contribution in [2.75, 3.05) is 12.1 Å². The molecule has 0 N–H and O–H groups in total. The Bertz CT molecular complexity index is 460. The number of halogens is 1. The predicted octanol–water partition coefficient (Wildman–Crippen LogP) is 4.16. The summed E-state index contributed by atoms with van der Waals surface area (Å²) in [5, 5.41) is 0. The van der Waals surface area contributed by atoms with E-state index in [1.54, 1.807) is 0 Å². The van der Waals surface area contributed by atoms with Gasteiger partial charge in [-0.3, -0.25) is 0 Å². The number of hydrogen-bond acceptors (Lipinski definition) is 1. The third-order valence-corrected chi connectivity index (χ3v) is 5.08. The van der Waals surface area contributed by atoms with E-state index in [1.807, 2.05) is 0 Å². The van der Waals surface area contributed by atoms with E-state index >= 15 is 0 Å². The summed E-state index contributed by atoms with van der Waals surface area (Å²) in [5.74, 6) is 0.621. The first-order chi connectivity index (χ1) is 10.9. The molecule has 1 nitrogen and oxygen atoms in total. The van der Waals surface area contributed by atoms with Crippen LogP contribution in [0.1, 0.15) is 24.0 Å². The zero-order valence-electron chi connectivity index (χ0n) is 13.1. The van der Waals surface area contributed by atoms with E-state index in [1.165, 1.54) is 24.0 Å². The molecular weight excluding hydrogens is 308 g/mol. The molecule has 2 rings (SSSR count). The van der Waals surface area contributed by atoms with Crippen LogP contribution in [0.25, 0.3) is 0 Å². The molecule has 0 aliphatic carbocycles. The summed E-state index contributed by atoms with van der Waals surface area (Å²) in [7, 11) is -0.515. The van der Waals surface area contributed by atoms with Crippen molar-refractivity contribution in [3.05, 3.63) is 71.8 Å². The molecule has 2 aromatic carbocycles. The van der Waals surface area contributed by atoms with Crippen LogP contribution in [0.3, 0.4) is 0 Å². The fraction of sp³-hybridized carbons (Fsp3) is 0.368. The quantitative estimate of drug-likeness (QED) is 0.360. The Morgan fingerprint density at radius 1 is 0.818 bits per heavy atom. The first-order valence-corrected chi connectivity index (χ1v) is 10.2. The molecule has 0 atom stereocenters. The summed E-state index contributed by atoms with van der Waals surface area (Å²) in [5.41, 5.74) is 3.55. The summed E-state index contributed by atoms with van der Waals surface area (Å²) in [6, 6.07) is 21.5. The number of alkyl halides is 1. The second-order valence-corrected chi connectivity index (χ2v) is 8.01. The Labute approximate surface area is 141 Å². The molecule has 0 aliphatic rings. The van der Waals surface area contributed by atoms with Gasteiger partial charge in [0, 0.05) is 12.1 Å². The molecule has 22 heavy (non-hydrogen) atoms. The minimum atomic E-state index is -0.515. The van der Waals surface area contributed by atoms with Crippen molar-refractivity contribution in [2.45, 2.75) is 25.7 Å². The van der Waals surface area contributed by atoms with Crippen LogP contribution in [0, 0.1) is 5.92 Å². The maximum Gasteiger partial charge on any atom is 0.176 e. The van der Waals surface area contributed by atoms with E-state index in [-0.39, 0.29) is 0 Å². The fourth-order valence-electron chi connectivity index (χ4n) is 2.65. The minimum Gasteiger partial charge on any atom is -0.423 e. The van der Waals surface area contributed by atoms with Gasteiger partial charge in [-0.1, -0.05) is 60.7 Å². The zero-order valence-corrected chi connectivity index (χ0v) is 15.3. The lowest BCUT2D eigenvalue weighted by atomic mass is 9.94. The Morgan fingerprint density at radius 2 is 1.32 bits per heavy atom. The third-order valence-electron chi connectivity index (χ3n) is 3.94. The highest BCUT2D eigenvalue weighted by Gasteiger charge is 2.10. The van der Waals surface area contributed by atoms with Gasteiger partial charge in [0.25, 0.3) is 0 Å². The molecule has 2 aromatic rings. The van der Waals surface area contributed by atoms with Crippen molar-refractivity contribution in [3.63, 3.8) is 0 Å². The number of rotatable bonds is 10. The summed E-state index contributed by atoms with van der Waals surface area (Å²) < 4.78 is 5.83.